The van der Waals surface area contributed by atoms with E-state index in [1.54, 1.807) is 0 Å². The fourth-order valence-electron chi connectivity index (χ4n) is 3.25. The Hall–Kier alpha value is -2.47. The van der Waals surface area contributed by atoms with Crippen molar-refractivity contribution in [2.45, 2.75) is 39.5 Å². The van der Waals surface area contributed by atoms with E-state index < -0.39 is 0 Å². The molecule has 0 spiro atoms. The van der Waals surface area contributed by atoms with Crippen molar-refractivity contribution in [1.29, 1.82) is 0 Å². The Balaban J connectivity index is 1.58. The first-order valence-electron chi connectivity index (χ1n) is 10.1. The summed E-state index contributed by atoms with van der Waals surface area (Å²) < 4.78 is 0. The molecule has 1 aliphatic rings. The molecule has 0 saturated carbocycles. The lowest BCUT2D eigenvalue weighted by Crippen LogP contribution is -2.49. The van der Waals surface area contributed by atoms with Crippen molar-refractivity contribution in [3.8, 4) is 0 Å². The molecule has 1 aliphatic heterocycles. The van der Waals surface area contributed by atoms with E-state index in [1.807, 2.05) is 30.3 Å². The molecule has 1 aromatic carbocycles. The van der Waals surface area contributed by atoms with E-state index in [0.29, 0.717) is 18.4 Å². The van der Waals surface area contributed by atoms with Crippen molar-refractivity contribution in [3.63, 3.8) is 0 Å². The van der Waals surface area contributed by atoms with Crippen molar-refractivity contribution >= 4 is 17.4 Å². The number of anilines is 2. The van der Waals surface area contributed by atoms with E-state index in [4.69, 9.17) is 9.97 Å². The minimum Gasteiger partial charge on any atom is -0.354 e. The Bertz CT molecular complexity index is 757. The highest BCUT2D eigenvalue weighted by Crippen LogP contribution is 2.22. The predicted molar refractivity (Wildman–Crippen MR) is 114 cm³/mol. The Morgan fingerprint density at radius 3 is 2.29 bits per heavy atom. The second kappa shape index (κ2) is 9.15. The number of carbonyl (C=O) groups excluding carboxylic acids is 1. The molecule has 2 aromatic rings. The highest BCUT2D eigenvalue weighted by Gasteiger charge is 2.21. The summed E-state index contributed by atoms with van der Waals surface area (Å²) in [5.41, 5.74) is 1.94. The van der Waals surface area contributed by atoms with Gasteiger partial charge in [0.25, 0.3) is 0 Å². The predicted octanol–water partition coefficient (Wildman–Crippen LogP) is 3.48. The van der Waals surface area contributed by atoms with Gasteiger partial charge in [0.1, 0.15) is 11.6 Å². The van der Waals surface area contributed by atoms with E-state index in [-0.39, 0.29) is 5.91 Å². The maximum absolute atomic E-state index is 12.3. The van der Waals surface area contributed by atoms with Gasteiger partial charge < -0.3 is 10.2 Å². The monoisotopic (exact) mass is 381 g/mol. The molecule has 1 fully saturated rings. The van der Waals surface area contributed by atoms with E-state index in [0.717, 1.165) is 49.2 Å². The standard InChI is InChI=1S/C22H31N5O/c1-16(2)19-14-20(25-22(24-19)17(3)4)27-12-10-26(11-13-27)15-21(28)23-18-8-6-5-7-9-18/h5-9,14,16-17H,10-13,15H2,1-4H3,(H,23,28). The number of hydrogen-bond donors (Lipinski definition) is 1. The first-order valence-corrected chi connectivity index (χ1v) is 10.1. The number of para-hydroxylation sites is 1. The molecular formula is C22H31N5O. The summed E-state index contributed by atoms with van der Waals surface area (Å²) >= 11 is 0. The Morgan fingerprint density at radius 2 is 1.68 bits per heavy atom. The lowest BCUT2D eigenvalue weighted by atomic mass is 10.1. The molecule has 0 unspecified atom stereocenters. The molecular weight excluding hydrogens is 350 g/mol. The van der Waals surface area contributed by atoms with Crippen LogP contribution in [0.15, 0.2) is 36.4 Å². The van der Waals surface area contributed by atoms with Gasteiger partial charge in [-0.25, -0.2) is 9.97 Å². The van der Waals surface area contributed by atoms with E-state index in [1.165, 1.54) is 0 Å². The van der Waals surface area contributed by atoms with Crippen molar-refractivity contribution < 1.29 is 4.79 Å². The number of aromatic nitrogens is 2. The molecule has 0 bridgehead atoms. The number of carbonyl (C=O) groups is 1. The van der Waals surface area contributed by atoms with Crippen LogP contribution in [0, 0.1) is 0 Å². The van der Waals surface area contributed by atoms with Crippen LogP contribution in [0.1, 0.15) is 51.0 Å². The van der Waals surface area contributed by atoms with Crippen LogP contribution in [0.3, 0.4) is 0 Å². The number of benzene rings is 1. The molecule has 6 heteroatoms. The van der Waals surface area contributed by atoms with Gasteiger partial charge in [0.2, 0.25) is 5.91 Å². The van der Waals surface area contributed by atoms with Crippen LogP contribution in [0.5, 0.6) is 0 Å². The highest BCUT2D eigenvalue weighted by atomic mass is 16.2. The number of rotatable bonds is 6. The van der Waals surface area contributed by atoms with Crippen LogP contribution in [-0.4, -0.2) is 53.5 Å². The second-order valence-electron chi connectivity index (χ2n) is 8.00. The first-order chi connectivity index (χ1) is 13.4. The summed E-state index contributed by atoms with van der Waals surface area (Å²) in [4.78, 5) is 26.3. The molecule has 0 aliphatic carbocycles. The zero-order chi connectivity index (χ0) is 20.1. The smallest absolute Gasteiger partial charge is 0.238 e. The van der Waals surface area contributed by atoms with E-state index in [2.05, 4.69) is 48.9 Å². The zero-order valence-corrected chi connectivity index (χ0v) is 17.4. The molecule has 3 rings (SSSR count). The van der Waals surface area contributed by atoms with Crippen LogP contribution in [-0.2, 0) is 4.79 Å². The van der Waals surface area contributed by atoms with Crippen LogP contribution >= 0.6 is 0 Å². The van der Waals surface area contributed by atoms with Crippen molar-refractivity contribution in [3.05, 3.63) is 47.9 Å². The average molecular weight is 382 g/mol. The number of nitrogens with zero attached hydrogens (tertiary/aromatic N) is 4. The second-order valence-corrected chi connectivity index (χ2v) is 8.00. The highest BCUT2D eigenvalue weighted by molar-refractivity contribution is 5.92. The molecule has 28 heavy (non-hydrogen) atoms. The lowest BCUT2D eigenvalue weighted by molar-refractivity contribution is -0.117. The zero-order valence-electron chi connectivity index (χ0n) is 17.4. The fourth-order valence-corrected chi connectivity index (χ4v) is 3.25. The maximum atomic E-state index is 12.3. The molecule has 1 saturated heterocycles. The third-order valence-corrected chi connectivity index (χ3v) is 4.98. The topological polar surface area (TPSA) is 61.4 Å². The minimum atomic E-state index is 0.0332. The molecule has 1 N–H and O–H groups in total. The minimum absolute atomic E-state index is 0.0332. The van der Waals surface area contributed by atoms with Crippen LogP contribution in [0.4, 0.5) is 11.5 Å². The largest absolute Gasteiger partial charge is 0.354 e. The molecule has 2 heterocycles. The van der Waals surface area contributed by atoms with Crippen molar-refractivity contribution in [2.75, 3.05) is 42.9 Å². The van der Waals surface area contributed by atoms with Gasteiger partial charge in [-0.15, -0.1) is 0 Å². The van der Waals surface area contributed by atoms with Gasteiger partial charge in [-0.1, -0.05) is 45.9 Å². The fraction of sp³-hybridized carbons (Fsp3) is 0.500. The number of nitrogens with one attached hydrogen (secondary N) is 1. The number of amides is 1. The normalized spacial score (nSPS) is 15.3. The Labute approximate surface area is 168 Å². The summed E-state index contributed by atoms with van der Waals surface area (Å²) in [7, 11) is 0. The van der Waals surface area contributed by atoms with Gasteiger partial charge in [-0.05, 0) is 18.1 Å². The van der Waals surface area contributed by atoms with E-state index in [9.17, 15) is 4.79 Å². The average Bonchev–Trinajstić information content (AvgIpc) is 2.68. The summed E-state index contributed by atoms with van der Waals surface area (Å²) in [6.45, 7) is 12.4. The Kier molecular flexibility index (Phi) is 6.62. The summed E-state index contributed by atoms with van der Waals surface area (Å²) in [5, 5.41) is 2.96. The molecule has 0 atom stereocenters. The van der Waals surface area contributed by atoms with E-state index >= 15 is 0 Å². The van der Waals surface area contributed by atoms with Gasteiger partial charge in [0.15, 0.2) is 0 Å². The molecule has 1 aromatic heterocycles. The molecule has 150 valence electrons. The van der Waals surface area contributed by atoms with Gasteiger partial charge in [0, 0.05) is 49.5 Å². The molecule has 0 radical (unpaired) electrons. The molecule has 1 amide bonds. The van der Waals surface area contributed by atoms with Crippen molar-refractivity contribution in [1.82, 2.24) is 14.9 Å². The SMILES string of the molecule is CC(C)c1cc(N2CCN(CC(=O)Nc3ccccc3)CC2)nc(C(C)C)n1. The summed E-state index contributed by atoms with van der Waals surface area (Å²) in [6, 6.07) is 11.7. The Morgan fingerprint density at radius 1 is 1.00 bits per heavy atom. The van der Waals surface area contributed by atoms with Gasteiger partial charge in [-0.2, -0.15) is 0 Å². The first kappa shape index (κ1) is 20.3. The maximum Gasteiger partial charge on any atom is 0.238 e. The van der Waals surface area contributed by atoms with Crippen molar-refractivity contribution in [2.24, 2.45) is 0 Å². The van der Waals surface area contributed by atoms with Crippen LogP contribution in [0.2, 0.25) is 0 Å². The summed E-state index contributed by atoms with van der Waals surface area (Å²) in [5.74, 6) is 2.63. The third kappa shape index (κ3) is 5.29. The van der Waals surface area contributed by atoms with Gasteiger partial charge >= 0.3 is 0 Å². The molecule has 6 nitrogen and oxygen atoms in total. The quantitative estimate of drug-likeness (QED) is 0.830. The number of piperazine rings is 1. The van der Waals surface area contributed by atoms with Crippen LogP contribution in [0.25, 0.3) is 0 Å². The third-order valence-electron chi connectivity index (χ3n) is 4.98. The van der Waals surface area contributed by atoms with Gasteiger partial charge in [0.05, 0.1) is 6.54 Å². The lowest BCUT2D eigenvalue weighted by Gasteiger charge is -2.35. The number of hydrogen-bond acceptors (Lipinski definition) is 5. The van der Waals surface area contributed by atoms with Crippen LogP contribution < -0.4 is 10.2 Å². The van der Waals surface area contributed by atoms with Gasteiger partial charge in [-0.3, -0.25) is 9.69 Å². The summed E-state index contributed by atoms with van der Waals surface area (Å²) in [6.07, 6.45) is 0.